The highest BCUT2D eigenvalue weighted by Gasteiger charge is 2.54. The number of rotatable bonds is 13. The number of benzene rings is 1. The molecule has 41 heavy (non-hydrogen) atoms. The van der Waals surface area contributed by atoms with Gasteiger partial charge in [0, 0.05) is 25.0 Å². The number of ether oxygens (including phenoxy) is 1. The van der Waals surface area contributed by atoms with E-state index in [1.807, 2.05) is 6.07 Å². The van der Waals surface area contributed by atoms with Gasteiger partial charge >= 0.3 is 18.0 Å². The summed E-state index contributed by atoms with van der Waals surface area (Å²) in [5, 5.41) is 35.2. The average Bonchev–Trinajstić information content (AvgIpc) is 3.37. The van der Waals surface area contributed by atoms with Crippen molar-refractivity contribution in [2.45, 2.75) is 48.5 Å². The molecule has 1 fully saturated rings. The zero-order valence-corrected chi connectivity index (χ0v) is 23.4. The van der Waals surface area contributed by atoms with Gasteiger partial charge in [0.2, 0.25) is 11.1 Å². The van der Waals surface area contributed by atoms with Crippen molar-refractivity contribution in [2.75, 3.05) is 11.5 Å². The average molecular weight is 606 g/mol. The summed E-state index contributed by atoms with van der Waals surface area (Å²) in [5.41, 5.74) is 1.17. The van der Waals surface area contributed by atoms with Crippen molar-refractivity contribution in [3.05, 3.63) is 47.2 Å². The summed E-state index contributed by atoms with van der Waals surface area (Å²) >= 11 is 2.59. The largest absolute Gasteiger partial charge is 0.480 e. The predicted molar refractivity (Wildman–Crippen MR) is 144 cm³/mol. The molecule has 1 saturated heterocycles. The molecule has 1 aromatic carbocycles. The van der Waals surface area contributed by atoms with Crippen LogP contribution in [0, 0.1) is 0 Å². The van der Waals surface area contributed by atoms with Crippen molar-refractivity contribution in [3.63, 3.8) is 0 Å². The third-order valence-corrected chi connectivity index (χ3v) is 8.66. The summed E-state index contributed by atoms with van der Waals surface area (Å²) in [5.74, 6) is -2.93. The first-order valence-corrected chi connectivity index (χ1v) is 14.4. The topological polar surface area (TPSA) is 206 Å². The van der Waals surface area contributed by atoms with E-state index in [9.17, 15) is 34.2 Å². The van der Waals surface area contributed by atoms with Gasteiger partial charge < -0.3 is 25.6 Å². The van der Waals surface area contributed by atoms with Crippen LogP contribution in [0.4, 0.5) is 4.79 Å². The lowest BCUT2D eigenvalue weighted by molar-refractivity contribution is -0.150. The molecular formula is C24H27N7O8S2. The number of carbonyl (C=O) groups is 5. The fourth-order valence-corrected chi connectivity index (χ4v) is 6.50. The number of amides is 3. The SMILES string of the molecule is Cn1nnnc1SCC1=C(C(=O)O)N2C(=O)[C@@H](NC(=O)CCCC(NC(=O)OCc3ccccc3)C(=O)O)[C@@H]2SC1. The highest BCUT2D eigenvalue weighted by atomic mass is 32.2. The van der Waals surface area contributed by atoms with Gasteiger partial charge in [-0.15, -0.1) is 16.9 Å². The number of thioether (sulfide) groups is 2. The van der Waals surface area contributed by atoms with E-state index in [2.05, 4.69) is 26.2 Å². The third-order valence-electron chi connectivity index (χ3n) is 6.22. The van der Waals surface area contributed by atoms with Crippen LogP contribution < -0.4 is 10.6 Å². The van der Waals surface area contributed by atoms with E-state index in [4.69, 9.17) is 4.74 Å². The number of carboxylic acid groups (broad SMARTS) is 2. The Hall–Kier alpha value is -4.12. The lowest BCUT2D eigenvalue weighted by Gasteiger charge is -2.49. The van der Waals surface area contributed by atoms with E-state index in [1.54, 1.807) is 31.3 Å². The van der Waals surface area contributed by atoms with Gasteiger partial charge in [-0.1, -0.05) is 42.1 Å². The van der Waals surface area contributed by atoms with Crippen molar-refractivity contribution < 1.29 is 38.9 Å². The maximum atomic E-state index is 12.9. The Bertz CT molecular complexity index is 1350. The van der Waals surface area contributed by atoms with Crippen molar-refractivity contribution >= 4 is 53.4 Å². The molecule has 3 heterocycles. The molecule has 1 aromatic heterocycles. The second-order valence-electron chi connectivity index (χ2n) is 9.08. The Morgan fingerprint density at radius 3 is 2.63 bits per heavy atom. The molecule has 0 bridgehead atoms. The summed E-state index contributed by atoms with van der Waals surface area (Å²) in [6.45, 7) is -0.0226. The first-order chi connectivity index (χ1) is 19.7. The van der Waals surface area contributed by atoms with Crippen LogP contribution in [-0.4, -0.2) is 94.1 Å². The standard InChI is InChI=1S/C24H27N7O8S2/c1-30-23(27-28-29-30)41-12-14-11-40-20-17(19(33)31(20)18(14)22(36)37)26-16(32)9-5-8-15(21(34)35)25-24(38)39-10-13-6-3-2-4-7-13/h2-4,6-7,15,17,20H,5,8-12H2,1H3,(H,25,38)(H,26,32)(H,34,35)(H,36,37)/t15?,17-,20+/m1/s1. The molecule has 2 aromatic rings. The first kappa shape index (κ1) is 29.9. The number of hydrogen-bond donors (Lipinski definition) is 4. The second-order valence-corrected chi connectivity index (χ2v) is 11.1. The molecule has 0 aliphatic carbocycles. The van der Waals surface area contributed by atoms with E-state index in [-0.39, 0.29) is 37.3 Å². The minimum Gasteiger partial charge on any atom is -0.480 e. The summed E-state index contributed by atoms with van der Waals surface area (Å²) in [6, 6.07) is 6.72. The summed E-state index contributed by atoms with van der Waals surface area (Å²) < 4.78 is 6.51. The van der Waals surface area contributed by atoms with Gasteiger partial charge in [0.1, 0.15) is 29.8 Å². The Balaban J connectivity index is 1.24. The van der Waals surface area contributed by atoms with E-state index < -0.39 is 47.3 Å². The molecule has 2 aliphatic rings. The zero-order chi connectivity index (χ0) is 29.5. The summed E-state index contributed by atoms with van der Waals surface area (Å²) in [4.78, 5) is 62.2. The monoisotopic (exact) mass is 605 g/mol. The molecule has 15 nitrogen and oxygen atoms in total. The fraction of sp³-hybridized carbons (Fsp3) is 0.417. The minimum absolute atomic E-state index is 0.0226. The number of nitrogens with one attached hydrogen (secondary N) is 2. The number of carboxylic acids is 2. The number of nitrogens with zero attached hydrogens (tertiary/aromatic N) is 5. The molecule has 0 spiro atoms. The molecule has 1 unspecified atom stereocenters. The number of aryl methyl sites for hydroxylation is 1. The van der Waals surface area contributed by atoms with Gasteiger partial charge in [0.25, 0.3) is 5.91 Å². The highest BCUT2D eigenvalue weighted by Crippen LogP contribution is 2.41. The lowest BCUT2D eigenvalue weighted by atomic mass is 10.0. The van der Waals surface area contributed by atoms with Gasteiger partial charge in [0.15, 0.2) is 0 Å². The van der Waals surface area contributed by atoms with Crippen LogP contribution in [0.25, 0.3) is 0 Å². The molecule has 218 valence electrons. The fourth-order valence-electron chi connectivity index (χ4n) is 4.17. The van der Waals surface area contributed by atoms with Gasteiger partial charge in [-0.05, 0) is 34.4 Å². The highest BCUT2D eigenvalue weighted by molar-refractivity contribution is 8.01. The number of fused-ring (bicyclic) bond motifs is 1. The normalized spacial score (nSPS) is 18.7. The van der Waals surface area contributed by atoms with Crippen LogP contribution in [0.5, 0.6) is 0 Å². The van der Waals surface area contributed by atoms with Crippen LogP contribution in [0.15, 0.2) is 46.8 Å². The number of alkyl carbamates (subject to hydrolysis) is 1. The van der Waals surface area contributed by atoms with E-state index in [1.165, 1.54) is 33.1 Å². The molecule has 17 heteroatoms. The Labute approximate surface area is 242 Å². The van der Waals surface area contributed by atoms with Gasteiger partial charge in [-0.2, -0.15) is 0 Å². The molecular weight excluding hydrogens is 578 g/mol. The molecule has 0 saturated carbocycles. The van der Waals surface area contributed by atoms with E-state index in [0.29, 0.717) is 16.5 Å². The van der Waals surface area contributed by atoms with Crippen molar-refractivity contribution in [3.8, 4) is 0 Å². The van der Waals surface area contributed by atoms with Crippen molar-refractivity contribution in [1.82, 2.24) is 35.7 Å². The van der Waals surface area contributed by atoms with Gasteiger partial charge in [-0.3, -0.25) is 14.5 Å². The maximum Gasteiger partial charge on any atom is 0.408 e. The number of tetrazole rings is 1. The Morgan fingerprint density at radius 1 is 1.22 bits per heavy atom. The van der Waals surface area contributed by atoms with E-state index in [0.717, 1.165) is 5.56 Å². The first-order valence-electron chi connectivity index (χ1n) is 12.4. The maximum absolute atomic E-state index is 12.9. The molecule has 2 aliphatic heterocycles. The molecule has 4 N–H and O–H groups in total. The van der Waals surface area contributed by atoms with Crippen LogP contribution in [0.3, 0.4) is 0 Å². The Kier molecular flexibility index (Phi) is 9.82. The molecule has 3 amide bonds. The number of β-lactam (4-membered cyclic amide) rings is 1. The lowest BCUT2D eigenvalue weighted by Crippen LogP contribution is -2.70. The smallest absolute Gasteiger partial charge is 0.408 e. The second kappa shape index (κ2) is 13.5. The summed E-state index contributed by atoms with van der Waals surface area (Å²) in [7, 11) is 1.66. The predicted octanol–water partition coefficient (Wildman–Crippen LogP) is 0.591. The quantitative estimate of drug-likeness (QED) is 0.182. The van der Waals surface area contributed by atoms with Crippen LogP contribution in [0.1, 0.15) is 24.8 Å². The minimum atomic E-state index is -1.28. The van der Waals surface area contributed by atoms with Crippen molar-refractivity contribution in [1.29, 1.82) is 0 Å². The van der Waals surface area contributed by atoms with Crippen LogP contribution in [-0.2, 0) is 37.6 Å². The Morgan fingerprint density at radius 2 is 1.98 bits per heavy atom. The van der Waals surface area contributed by atoms with Gasteiger partial charge in [-0.25, -0.2) is 19.1 Å². The number of aromatic nitrogens is 4. The molecule has 4 rings (SSSR count). The van der Waals surface area contributed by atoms with Crippen molar-refractivity contribution in [2.24, 2.45) is 7.05 Å². The number of hydrogen-bond acceptors (Lipinski definition) is 11. The summed E-state index contributed by atoms with van der Waals surface area (Å²) in [6.07, 6.45) is -0.919. The van der Waals surface area contributed by atoms with Crippen LogP contribution >= 0.6 is 23.5 Å². The molecule has 0 radical (unpaired) electrons. The van der Waals surface area contributed by atoms with Crippen LogP contribution in [0.2, 0.25) is 0 Å². The zero-order valence-electron chi connectivity index (χ0n) is 21.8. The number of aliphatic carboxylic acids is 2. The van der Waals surface area contributed by atoms with Gasteiger partial charge in [0.05, 0.1) is 0 Å². The van der Waals surface area contributed by atoms with E-state index >= 15 is 0 Å². The third kappa shape index (κ3) is 7.35. The number of carbonyl (C=O) groups excluding carboxylic acids is 3. The molecule has 3 atom stereocenters.